The molecule has 3 rings (SSSR count). The summed E-state index contributed by atoms with van der Waals surface area (Å²) in [5.41, 5.74) is 0.0272. The van der Waals surface area contributed by atoms with E-state index in [-0.39, 0.29) is 11.4 Å². The molecule has 0 unspecified atom stereocenters. The lowest BCUT2D eigenvalue weighted by Crippen LogP contribution is -2.16. The highest BCUT2D eigenvalue weighted by Crippen LogP contribution is 2.38. The summed E-state index contributed by atoms with van der Waals surface area (Å²) in [7, 11) is 1.59. The van der Waals surface area contributed by atoms with Crippen molar-refractivity contribution in [1.82, 2.24) is 9.78 Å². The molecule has 0 aliphatic rings. The van der Waals surface area contributed by atoms with E-state index in [9.17, 15) is 22.4 Å². The molecule has 0 atom stereocenters. The summed E-state index contributed by atoms with van der Waals surface area (Å²) in [4.78, 5) is 12.2. The summed E-state index contributed by atoms with van der Waals surface area (Å²) in [5, 5.41) is 6.55. The van der Waals surface area contributed by atoms with Gasteiger partial charge in [0.05, 0.1) is 11.3 Å². The first-order chi connectivity index (χ1) is 13.1. The number of hydrogen-bond donors (Lipinski definition) is 1. The Hall–Kier alpha value is -3.36. The van der Waals surface area contributed by atoms with E-state index in [4.69, 9.17) is 4.74 Å². The number of aryl methyl sites for hydroxylation is 2. The lowest BCUT2D eigenvalue weighted by molar-refractivity contribution is -0.138. The monoisotopic (exact) mass is 393 g/mol. The molecular formula is C19H15F4N3O2. The van der Waals surface area contributed by atoms with Crippen molar-refractivity contribution >= 4 is 11.6 Å². The number of para-hydroxylation sites is 1. The van der Waals surface area contributed by atoms with Gasteiger partial charge in [-0.2, -0.15) is 18.3 Å². The summed E-state index contributed by atoms with van der Waals surface area (Å²) in [6.07, 6.45) is -4.64. The number of halogens is 4. The third-order valence-corrected chi connectivity index (χ3v) is 3.84. The summed E-state index contributed by atoms with van der Waals surface area (Å²) >= 11 is 0. The van der Waals surface area contributed by atoms with Crippen molar-refractivity contribution in [3.8, 4) is 11.5 Å². The summed E-state index contributed by atoms with van der Waals surface area (Å²) in [5.74, 6) is -2.34. The second-order valence-electron chi connectivity index (χ2n) is 5.99. The predicted molar refractivity (Wildman–Crippen MR) is 93.8 cm³/mol. The van der Waals surface area contributed by atoms with Crippen LogP contribution in [0, 0.1) is 12.7 Å². The Bertz CT molecular complexity index is 1030. The Kier molecular flexibility index (Phi) is 5.08. The van der Waals surface area contributed by atoms with Crippen LogP contribution in [0.4, 0.5) is 23.2 Å². The van der Waals surface area contributed by atoms with Crippen LogP contribution in [0.3, 0.4) is 0 Å². The van der Waals surface area contributed by atoms with Crippen LogP contribution in [0.25, 0.3) is 0 Å². The van der Waals surface area contributed by atoms with Crippen molar-refractivity contribution < 1.29 is 27.1 Å². The van der Waals surface area contributed by atoms with E-state index in [0.717, 1.165) is 24.3 Å². The average Bonchev–Trinajstić information content (AvgIpc) is 2.95. The maximum Gasteiger partial charge on any atom is 0.419 e. The lowest BCUT2D eigenvalue weighted by atomic mass is 10.2. The number of alkyl halides is 3. The fraction of sp³-hybridized carbons (Fsp3) is 0.158. The highest BCUT2D eigenvalue weighted by molar-refractivity contribution is 6.03. The molecule has 2 aromatic carbocycles. The number of ether oxygens (including phenoxy) is 1. The molecule has 1 amide bonds. The van der Waals surface area contributed by atoms with Crippen molar-refractivity contribution in [1.29, 1.82) is 0 Å². The molecule has 0 bridgehead atoms. The van der Waals surface area contributed by atoms with E-state index < -0.39 is 35.0 Å². The van der Waals surface area contributed by atoms with Crippen LogP contribution in [-0.2, 0) is 13.2 Å². The molecule has 3 aromatic rings. The average molecular weight is 393 g/mol. The van der Waals surface area contributed by atoms with Crippen LogP contribution in [0.5, 0.6) is 11.5 Å². The molecule has 9 heteroatoms. The number of rotatable bonds is 4. The van der Waals surface area contributed by atoms with Gasteiger partial charge in [0.25, 0.3) is 5.91 Å². The number of benzene rings is 2. The second kappa shape index (κ2) is 7.34. The van der Waals surface area contributed by atoms with Crippen LogP contribution < -0.4 is 10.1 Å². The number of nitrogens with zero attached hydrogens (tertiary/aromatic N) is 2. The number of carbonyl (C=O) groups is 1. The maximum atomic E-state index is 14.3. The third kappa shape index (κ3) is 4.13. The van der Waals surface area contributed by atoms with E-state index in [0.29, 0.717) is 5.69 Å². The zero-order valence-corrected chi connectivity index (χ0v) is 14.8. The summed E-state index contributed by atoms with van der Waals surface area (Å²) in [6.45, 7) is 1.72. The molecule has 28 heavy (non-hydrogen) atoms. The Morgan fingerprint density at radius 3 is 2.43 bits per heavy atom. The molecule has 0 radical (unpaired) electrons. The molecule has 0 spiro atoms. The quantitative estimate of drug-likeness (QED) is 0.640. The highest BCUT2D eigenvalue weighted by Gasteiger charge is 2.34. The minimum atomic E-state index is -4.64. The highest BCUT2D eigenvalue weighted by atomic mass is 19.4. The largest absolute Gasteiger partial charge is 0.454 e. The minimum Gasteiger partial charge on any atom is -0.454 e. The molecule has 1 aromatic heterocycles. The summed E-state index contributed by atoms with van der Waals surface area (Å²) in [6, 6.07) is 9.52. The molecule has 1 heterocycles. The van der Waals surface area contributed by atoms with Gasteiger partial charge in [-0.25, -0.2) is 4.39 Å². The molecule has 1 N–H and O–H groups in total. The van der Waals surface area contributed by atoms with E-state index in [2.05, 4.69) is 10.4 Å². The van der Waals surface area contributed by atoms with Crippen LogP contribution in [0.1, 0.15) is 21.7 Å². The third-order valence-electron chi connectivity index (χ3n) is 3.84. The number of amides is 1. The van der Waals surface area contributed by atoms with Gasteiger partial charge in [0.15, 0.2) is 11.6 Å². The van der Waals surface area contributed by atoms with Crippen LogP contribution in [0.2, 0.25) is 0 Å². The van der Waals surface area contributed by atoms with Gasteiger partial charge in [0, 0.05) is 18.8 Å². The number of anilines is 1. The molecule has 0 fully saturated rings. The Morgan fingerprint density at radius 1 is 1.11 bits per heavy atom. The van der Waals surface area contributed by atoms with Gasteiger partial charge in [0.2, 0.25) is 0 Å². The Balaban J connectivity index is 1.80. The first kappa shape index (κ1) is 19.4. The maximum absolute atomic E-state index is 14.3. The van der Waals surface area contributed by atoms with Gasteiger partial charge in [-0.3, -0.25) is 9.48 Å². The number of nitrogens with one attached hydrogen (secondary N) is 1. The van der Waals surface area contributed by atoms with Crippen molar-refractivity contribution in [3.05, 3.63) is 71.3 Å². The molecule has 0 aliphatic heterocycles. The first-order valence-electron chi connectivity index (χ1n) is 8.11. The molecular weight excluding hydrogens is 378 g/mol. The van der Waals surface area contributed by atoms with E-state index in [1.807, 2.05) is 0 Å². The summed E-state index contributed by atoms with van der Waals surface area (Å²) < 4.78 is 59.9. The normalized spacial score (nSPS) is 11.4. The number of hydrogen-bond acceptors (Lipinski definition) is 3. The Morgan fingerprint density at radius 2 is 1.82 bits per heavy atom. The molecule has 0 saturated carbocycles. The van der Waals surface area contributed by atoms with Gasteiger partial charge in [-0.15, -0.1) is 0 Å². The standard InChI is InChI=1S/C19H15F4N3O2/c1-11-9-15(26(2)25-11)18(27)24-12-7-8-17(14(20)10-12)28-16-6-4-3-5-13(16)19(21,22)23/h3-10H,1-2H3,(H,24,27). The van der Waals surface area contributed by atoms with Crippen molar-refractivity contribution in [2.45, 2.75) is 13.1 Å². The van der Waals surface area contributed by atoms with Crippen molar-refractivity contribution in [2.75, 3.05) is 5.32 Å². The molecule has 5 nitrogen and oxygen atoms in total. The number of aromatic nitrogens is 2. The van der Waals surface area contributed by atoms with Crippen LogP contribution in [-0.4, -0.2) is 15.7 Å². The van der Waals surface area contributed by atoms with Crippen molar-refractivity contribution in [3.63, 3.8) is 0 Å². The van der Waals surface area contributed by atoms with E-state index >= 15 is 0 Å². The van der Waals surface area contributed by atoms with Crippen LogP contribution in [0.15, 0.2) is 48.5 Å². The minimum absolute atomic E-state index is 0.123. The zero-order valence-electron chi connectivity index (χ0n) is 14.8. The van der Waals surface area contributed by atoms with E-state index in [1.165, 1.54) is 22.9 Å². The second-order valence-corrected chi connectivity index (χ2v) is 5.99. The zero-order chi connectivity index (χ0) is 20.5. The molecule has 0 saturated heterocycles. The van der Waals surface area contributed by atoms with E-state index in [1.54, 1.807) is 20.0 Å². The fourth-order valence-electron chi connectivity index (χ4n) is 2.59. The van der Waals surface area contributed by atoms with Gasteiger partial charge < -0.3 is 10.1 Å². The predicted octanol–water partition coefficient (Wildman–Crippen LogP) is 4.93. The Labute approximate surface area is 157 Å². The van der Waals surface area contributed by atoms with Crippen LogP contribution >= 0.6 is 0 Å². The fourth-order valence-corrected chi connectivity index (χ4v) is 2.59. The topological polar surface area (TPSA) is 56.1 Å². The van der Waals surface area contributed by atoms with Gasteiger partial charge in [-0.1, -0.05) is 12.1 Å². The van der Waals surface area contributed by atoms with Gasteiger partial charge in [-0.05, 0) is 37.3 Å². The molecule has 0 aliphatic carbocycles. The first-order valence-corrected chi connectivity index (χ1v) is 8.11. The SMILES string of the molecule is Cc1cc(C(=O)Nc2ccc(Oc3ccccc3C(F)(F)F)c(F)c2)n(C)n1. The lowest BCUT2D eigenvalue weighted by Gasteiger charge is -2.14. The van der Waals surface area contributed by atoms with Gasteiger partial charge in [0.1, 0.15) is 11.4 Å². The smallest absolute Gasteiger partial charge is 0.419 e. The molecule has 146 valence electrons. The number of carbonyl (C=O) groups excluding carboxylic acids is 1. The van der Waals surface area contributed by atoms with Gasteiger partial charge >= 0.3 is 6.18 Å². The van der Waals surface area contributed by atoms with Crippen molar-refractivity contribution in [2.24, 2.45) is 7.05 Å².